The first-order valence-electron chi connectivity index (χ1n) is 9.35. The molecule has 1 heterocycles. The van der Waals surface area contributed by atoms with Gasteiger partial charge in [0.05, 0.1) is 27.7 Å². The second-order valence-electron chi connectivity index (χ2n) is 6.35. The predicted octanol–water partition coefficient (Wildman–Crippen LogP) is 4.76. The highest BCUT2D eigenvalue weighted by Gasteiger charge is 2.08. The minimum absolute atomic E-state index is 0.214. The lowest BCUT2D eigenvalue weighted by atomic mass is 10.2. The number of hydrogen-bond donors (Lipinski definition) is 1. The van der Waals surface area contributed by atoms with E-state index in [2.05, 4.69) is 15.5 Å². The van der Waals surface area contributed by atoms with E-state index >= 15 is 0 Å². The molecule has 1 amide bonds. The normalized spacial score (nSPS) is 11.0. The van der Waals surface area contributed by atoms with Crippen molar-refractivity contribution in [3.63, 3.8) is 0 Å². The van der Waals surface area contributed by atoms with Crippen molar-refractivity contribution in [2.24, 2.45) is 5.10 Å². The Labute approximate surface area is 187 Å². The zero-order valence-corrected chi connectivity index (χ0v) is 17.9. The Bertz CT molecular complexity index is 1190. The quantitative estimate of drug-likeness (QED) is 0.145. The van der Waals surface area contributed by atoms with E-state index in [4.69, 9.17) is 4.74 Å². The zero-order chi connectivity index (χ0) is 21.5. The van der Waals surface area contributed by atoms with Gasteiger partial charge in [0.15, 0.2) is 4.34 Å². The van der Waals surface area contributed by atoms with Gasteiger partial charge in [0.1, 0.15) is 5.75 Å². The summed E-state index contributed by atoms with van der Waals surface area (Å²) in [6.45, 7) is 0. The van der Waals surface area contributed by atoms with E-state index in [0.29, 0.717) is 11.3 Å². The Balaban J connectivity index is 1.24. The van der Waals surface area contributed by atoms with Crippen molar-refractivity contribution in [3.8, 4) is 5.75 Å². The third kappa shape index (κ3) is 5.78. The van der Waals surface area contributed by atoms with E-state index in [1.807, 2.05) is 30.3 Å². The van der Waals surface area contributed by atoms with Gasteiger partial charge in [-0.15, -0.1) is 11.3 Å². The number of amides is 1. The summed E-state index contributed by atoms with van der Waals surface area (Å²) < 4.78 is 7.28. The number of aromatic nitrogens is 1. The number of thiazole rings is 1. The average molecular weight is 448 g/mol. The van der Waals surface area contributed by atoms with Crippen molar-refractivity contribution in [2.45, 2.75) is 4.34 Å². The molecule has 0 atom stereocenters. The Morgan fingerprint density at radius 3 is 2.52 bits per heavy atom. The number of fused-ring (bicyclic) bond motifs is 1. The van der Waals surface area contributed by atoms with Crippen LogP contribution in [0.4, 0.5) is 0 Å². The molecule has 0 bridgehead atoms. The van der Waals surface area contributed by atoms with Crippen molar-refractivity contribution >= 4 is 51.4 Å². The molecular formula is C23H17N3O3S2. The number of esters is 1. The Morgan fingerprint density at radius 1 is 1.00 bits per heavy atom. The predicted molar refractivity (Wildman–Crippen MR) is 124 cm³/mol. The molecule has 0 radical (unpaired) electrons. The molecule has 1 N–H and O–H groups in total. The summed E-state index contributed by atoms with van der Waals surface area (Å²) in [6.07, 6.45) is 1.53. The van der Waals surface area contributed by atoms with Crippen LogP contribution in [0.1, 0.15) is 15.9 Å². The Kier molecular flexibility index (Phi) is 6.71. The third-order valence-corrected chi connectivity index (χ3v) is 6.28. The van der Waals surface area contributed by atoms with Crippen LogP contribution < -0.4 is 10.2 Å². The summed E-state index contributed by atoms with van der Waals surface area (Å²) in [5.41, 5.74) is 4.69. The largest absolute Gasteiger partial charge is 0.423 e. The number of carbonyl (C=O) groups is 2. The highest BCUT2D eigenvalue weighted by atomic mass is 32.2. The van der Waals surface area contributed by atoms with Gasteiger partial charge in [-0.1, -0.05) is 42.1 Å². The maximum atomic E-state index is 12.1. The van der Waals surface area contributed by atoms with Crippen LogP contribution in [0.5, 0.6) is 5.75 Å². The lowest BCUT2D eigenvalue weighted by Crippen LogP contribution is -2.19. The van der Waals surface area contributed by atoms with Gasteiger partial charge in [0.2, 0.25) is 0 Å². The van der Waals surface area contributed by atoms with Crippen LogP contribution >= 0.6 is 23.1 Å². The monoisotopic (exact) mass is 447 g/mol. The molecule has 0 aliphatic rings. The summed E-state index contributed by atoms with van der Waals surface area (Å²) in [6, 6.07) is 23.5. The summed E-state index contributed by atoms with van der Waals surface area (Å²) in [5.74, 6) is 0.0297. The highest BCUT2D eigenvalue weighted by Crippen LogP contribution is 2.29. The van der Waals surface area contributed by atoms with E-state index < -0.39 is 5.97 Å². The Morgan fingerprint density at radius 2 is 1.74 bits per heavy atom. The molecule has 0 unspecified atom stereocenters. The molecule has 0 aliphatic carbocycles. The van der Waals surface area contributed by atoms with Gasteiger partial charge in [-0.3, -0.25) is 4.79 Å². The molecule has 0 aliphatic heterocycles. The van der Waals surface area contributed by atoms with Gasteiger partial charge in [0, 0.05) is 0 Å². The molecule has 4 aromatic rings. The van der Waals surface area contributed by atoms with Crippen molar-refractivity contribution in [1.82, 2.24) is 10.4 Å². The number of nitrogens with one attached hydrogen (secondary N) is 1. The standard InChI is InChI=1S/C23H17N3O3S2/c27-21(15-30-23-25-19-8-4-5-9-20(19)31-23)26-24-14-16-10-12-18(13-11-16)29-22(28)17-6-2-1-3-7-17/h1-14H,15H2,(H,26,27)/b24-14+. The number of hydrogen-bond acceptors (Lipinski definition) is 7. The fourth-order valence-electron chi connectivity index (χ4n) is 2.61. The van der Waals surface area contributed by atoms with Crippen molar-refractivity contribution in [1.29, 1.82) is 0 Å². The number of para-hydroxylation sites is 1. The van der Waals surface area contributed by atoms with E-state index in [-0.39, 0.29) is 11.7 Å². The van der Waals surface area contributed by atoms with Gasteiger partial charge in [0.25, 0.3) is 5.91 Å². The average Bonchev–Trinajstić information content (AvgIpc) is 3.22. The molecule has 4 rings (SSSR count). The first-order valence-corrected chi connectivity index (χ1v) is 11.2. The van der Waals surface area contributed by atoms with Crippen LogP contribution in [0.15, 0.2) is 88.3 Å². The molecule has 6 nitrogen and oxygen atoms in total. The SMILES string of the molecule is O=C(CSc1nc2ccccc2s1)N/N=C/c1ccc(OC(=O)c2ccccc2)cc1. The summed E-state index contributed by atoms with van der Waals surface area (Å²) >= 11 is 2.94. The fraction of sp³-hybridized carbons (Fsp3) is 0.0435. The van der Waals surface area contributed by atoms with Gasteiger partial charge in [-0.05, 0) is 54.1 Å². The molecule has 0 spiro atoms. The van der Waals surface area contributed by atoms with Crippen molar-refractivity contribution in [2.75, 3.05) is 5.75 Å². The maximum absolute atomic E-state index is 12.1. The van der Waals surface area contributed by atoms with E-state index in [0.717, 1.165) is 20.1 Å². The molecule has 31 heavy (non-hydrogen) atoms. The third-order valence-electron chi connectivity index (χ3n) is 4.10. The van der Waals surface area contributed by atoms with Crippen LogP contribution in [-0.4, -0.2) is 28.8 Å². The molecule has 0 saturated carbocycles. The van der Waals surface area contributed by atoms with Gasteiger partial charge < -0.3 is 4.74 Å². The molecule has 3 aromatic carbocycles. The topological polar surface area (TPSA) is 80.7 Å². The zero-order valence-electron chi connectivity index (χ0n) is 16.2. The lowest BCUT2D eigenvalue weighted by Gasteiger charge is -2.04. The second kappa shape index (κ2) is 10.0. The highest BCUT2D eigenvalue weighted by molar-refractivity contribution is 8.01. The minimum atomic E-state index is -0.417. The number of hydrazone groups is 1. The van der Waals surface area contributed by atoms with Gasteiger partial charge in [-0.2, -0.15) is 5.10 Å². The van der Waals surface area contributed by atoms with Crippen LogP contribution in [0.25, 0.3) is 10.2 Å². The molecule has 0 saturated heterocycles. The minimum Gasteiger partial charge on any atom is -0.423 e. The van der Waals surface area contributed by atoms with Crippen molar-refractivity contribution < 1.29 is 14.3 Å². The summed E-state index contributed by atoms with van der Waals surface area (Å²) in [7, 11) is 0. The number of thioether (sulfide) groups is 1. The van der Waals surface area contributed by atoms with E-state index in [1.54, 1.807) is 59.9 Å². The van der Waals surface area contributed by atoms with Crippen LogP contribution in [0.3, 0.4) is 0 Å². The Hall–Kier alpha value is -3.49. The molecule has 0 fully saturated rings. The number of carbonyl (C=O) groups excluding carboxylic acids is 2. The van der Waals surface area contributed by atoms with Gasteiger partial charge in [-0.25, -0.2) is 15.2 Å². The molecular weight excluding hydrogens is 430 g/mol. The van der Waals surface area contributed by atoms with Crippen LogP contribution in [-0.2, 0) is 4.79 Å². The summed E-state index contributed by atoms with van der Waals surface area (Å²) in [4.78, 5) is 28.6. The van der Waals surface area contributed by atoms with E-state index in [9.17, 15) is 9.59 Å². The number of ether oxygens (including phenoxy) is 1. The molecule has 1 aromatic heterocycles. The smallest absolute Gasteiger partial charge is 0.343 e. The molecule has 8 heteroatoms. The number of nitrogens with zero attached hydrogens (tertiary/aromatic N) is 2. The fourth-order valence-corrected chi connectivity index (χ4v) is 4.47. The van der Waals surface area contributed by atoms with Crippen molar-refractivity contribution in [3.05, 3.63) is 90.0 Å². The number of benzene rings is 3. The maximum Gasteiger partial charge on any atom is 0.343 e. The lowest BCUT2D eigenvalue weighted by molar-refractivity contribution is -0.118. The first kappa shape index (κ1) is 20.8. The summed E-state index contributed by atoms with van der Waals surface area (Å²) in [5, 5.41) is 3.97. The molecule has 154 valence electrons. The van der Waals surface area contributed by atoms with Crippen LogP contribution in [0.2, 0.25) is 0 Å². The first-order chi connectivity index (χ1) is 15.2. The second-order valence-corrected chi connectivity index (χ2v) is 8.61. The van der Waals surface area contributed by atoms with Crippen LogP contribution in [0, 0.1) is 0 Å². The van der Waals surface area contributed by atoms with Gasteiger partial charge >= 0.3 is 5.97 Å². The number of rotatable bonds is 7. The van der Waals surface area contributed by atoms with E-state index in [1.165, 1.54) is 18.0 Å².